The summed E-state index contributed by atoms with van der Waals surface area (Å²) in [6.07, 6.45) is 2.52. The van der Waals surface area contributed by atoms with Crippen molar-refractivity contribution >= 4 is 27.7 Å². The summed E-state index contributed by atoms with van der Waals surface area (Å²) in [5.74, 6) is 3.19. The molecule has 0 radical (unpaired) electrons. The van der Waals surface area contributed by atoms with Gasteiger partial charge in [-0.15, -0.1) is 0 Å². The first-order valence-electron chi connectivity index (χ1n) is 5.96. The van der Waals surface area contributed by atoms with E-state index >= 15 is 0 Å². The Morgan fingerprint density at radius 1 is 1.41 bits per heavy atom. The van der Waals surface area contributed by atoms with Crippen LogP contribution in [0, 0.1) is 0 Å². The average Bonchev–Trinajstić information content (AvgIpc) is 2.38. The number of halogens is 1. The van der Waals surface area contributed by atoms with Gasteiger partial charge in [-0.2, -0.15) is 11.8 Å². The Bertz CT molecular complexity index is 380. The summed E-state index contributed by atoms with van der Waals surface area (Å²) in [7, 11) is 0. The molecule has 1 atom stereocenters. The third kappa shape index (κ3) is 3.25. The zero-order chi connectivity index (χ0) is 12.3. The average molecular weight is 316 g/mol. The normalized spacial score (nSPS) is 19.2. The molecule has 0 saturated carbocycles. The second-order valence-corrected chi connectivity index (χ2v) is 6.54. The van der Waals surface area contributed by atoms with Crippen molar-refractivity contribution in [1.29, 1.82) is 0 Å². The molecule has 1 aliphatic heterocycles. The number of aliphatic hydroxyl groups is 1. The summed E-state index contributed by atoms with van der Waals surface area (Å²) in [4.78, 5) is 0. The fourth-order valence-electron chi connectivity index (χ4n) is 2.22. The fraction of sp³-hybridized carbons (Fsp3) is 0.538. The molecule has 0 spiro atoms. The van der Waals surface area contributed by atoms with Crippen molar-refractivity contribution in [1.82, 2.24) is 0 Å². The van der Waals surface area contributed by atoms with Crippen LogP contribution in [0.3, 0.4) is 0 Å². The topological polar surface area (TPSA) is 46.2 Å². The quantitative estimate of drug-likeness (QED) is 0.901. The van der Waals surface area contributed by atoms with Gasteiger partial charge in [0.15, 0.2) is 0 Å². The van der Waals surface area contributed by atoms with E-state index in [1.165, 1.54) is 29.9 Å². The Labute approximate surface area is 115 Å². The first-order valence-corrected chi connectivity index (χ1v) is 7.90. The van der Waals surface area contributed by atoms with Gasteiger partial charge in [-0.3, -0.25) is 0 Å². The maximum Gasteiger partial charge on any atom is 0.0624 e. The summed E-state index contributed by atoms with van der Waals surface area (Å²) in [5.41, 5.74) is 8.20. The summed E-state index contributed by atoms with van der Waals surface area (Å²) < 4.78 is 1.14. The highest BCUT2D eigenvalue weighted by atomic mass is 79.9. The Morgan fingerprint density at radius 3 is 2.71 bits per heavy atom. The van der Waals surface area contributed by atoms with Crippen molar-refractivity contribution in [3.8, 4) is 0 Å². The molecular weight excluding hydrogens is 298 g/mol. The van der Waals surface area contributed by atoms with Gasteiger partial charge in [0.1, 0.15) is 0 Å². The van der Waals surface area contributed by atoms with E-state index in [1.807, 2.05) is 17.8 Å². The minimum atomic E-state index is -0.276. The highest BCUT2D eigenvalue weighted by Crippen LogP contribution is 2.36. The van der Waals surface area contributed by atoms with Gasteiger partial charge in [0, 0.05) is 4.47 Å². The molecule has 1 heterocycles. The standard InChI is InChI=1S/C13H18BrNOS/c14-12-7-10(13(15)8-16)1-2-11(12)9-3-5-17-6-4-9/h1-2,7,9,13,16H,3-6,8,15H2. The first kappa shape index (κ1) is 13.4. The van der Waals surface area contributed by atoms with Gasteiger partial charge in [0.25, 0.3) is 0 Å². The summed E-state index contributed by atoms with van der Waals surface area (Å²) in [6.45, 7) is -0.00808. The van der Waals surface area contributed by atoms with Crippen molar-refractivity contribution < 1.29 is 5.11 Å². The van der Waals surface area contributed by atoms with E-state index in [1.54, 1.807) is 0 Å². The Kier molecular flexibility index (Phi) is 4.91. The number of benzene rings is 1. The van der Waals surface area contributed by atoms with E-state index in [9.17, 15) is 0 Å². The molecule has 4 heteroatoms. The van der Waals surface area contributed by atoms with Crippen LogP contribution >= 0.6 is 27.7 Å². The molecule has 1 aromatic carbocycles. The SMILES string of the molecule is NC(CO)c1ccc(C2CCSCC2)c(Br)c1. The molecule has 94 valence electrons. The molecule has 1 aliphatic rings. The predicted molar refractivity (Wildman–Crippen MR) is 77.5 cm³/mol. The highest BCUT2D eigenvalue weighted by molar-refractivity contribution is 9.10. The molecule has 17 heavy (non-hydrogen) atoms. The van der Waals surface area contributed by atoms with E-state index < -0.39 is 0 Å². The van der Waals surface area contributed by atoms with Crippen LogP contribution in [0.2, 0.25) is 0 Å². The maximum absolute atomic E-state index is 9.05. The molecule has 0 aromatic heterocycles. The van der Waals surface area contributed by atoms with Crippen molar-refractivity contribution in [2.24, 2.45) is 5.73 Å². The largest absolute Gasteiger partial charge is 0.394 e. The van der Waals surface area contributed by atoms with Crippen LogP contribution in [0.25, 0.3) is 0 Å². The first-order chi connectivity index (χ1) is 8.22. The third-order valence-corrected chi connectivity index (χ3v) is 5.05. The van der Waals surface area contributed by atoms with Gasteiger partial charge in [0.05, 0.1) is 12.6 Å². The van der Waals surface area contributed by atoms with Crippen molar-refractivity contribution in [2.75, 3.05) is 18.1 Å². The van der Waals surface area contributed by atoms with Crippen LogP contribution in [0.1, 0.15) is 35.9 Å². The second kappa shape index (κ2) is 6.23. The lowest BCUT2D eigenvalue weighted by molar-refractivity contribution is 0.268. The van der Waals surface area contributed by atoms with Crippen molar-refractivity contribution in [3.63, 3.8) is 0 Å². The molecule has 0 aliphatic carbocycles. The lowest BCUT2D eigenvalue weighted by Gasteiger charge is -2.23. The van der Waals surface area contributed by atoms with E-state index in [-0.39, 0.29) is 12.6 Å². The van der Waals surface area contributed by atoms with Gasteiger partial charge in [-0.05, 0) is 47.5 Å². The molecule has 0 amide bonds. The predicted octanol–water partition coefficient (Wildman–Crippen LogP) is 3.05. The minimum Gasteiger partial charge on any atom is -0.394 e. The Balaban J connectivity index is 2.18. The zero-order valence-electron chi connectivity index (χ0n) is 9.73. The van der Waals surface area contributed by atoms with Gasteiger partial charge in [-0.1, -0.05) is 28.1 Å². The van der Waals surface area contributed by atoms with Crippen LogP contribution in [0.4, 0.5) is 0 Å². The molecule has 1 fully saturated rings. The van der Waals surface area contributed by atoms with E-state index in [2.05, 4.69) is 28.1 Å². The highest BCUT2D eigenvalue weighted by Gasteiger charge is 2.18. The second-order valence-electron chi connectivity index (χ2n) is 4.46. The molecular formula is C13H18BrNOS. The van der Waals surface area contributed by atoms with E-state index in [0.717, 1.165) is 10.0 Å². The zero-order valence-corrected chi connectivity index (χ0v) is 12.1. The van der Waals surface area contributed by atoms with Crippen LogP contribution in [-0.2, 0) is 0 Å². The van der Waals surface area contributed by atoms with Crippen LogP contribution in [0.5, 0.6) is 0 Å². The summed E-state index contributed by atoms with van der Waals surface area (Å²) in [5, 5.41) is 9.05. The summed E-state index contributed by atoms with van der Waals surface area (Å²) in [6, 6.07) is 5.98. The molecule has 0 bridgehead atoms. The third-order valence-electron chi connectivity index (χ3n) is 3.31. The smallest absolute Gasteiger partial charge is 0.0624 e. The minimum absolute atomic E-state index is 0.00808. The van der Waals surface area contributed by atoms with Gasteiger partial charge >= 0.3 is 0 Å². The number of rotatable bonds is 3. The Hall–Kier alpha value is -0.0300. The van der Waals surface area contributed by atoms with Gasteiger partial charge < -0.3 is 10.8 Å². The fourth-order valence-corrected chi connectivity index (χ4v) is 4.05. The van der Waals surface area contributed by atoms with E-state index in [0.29, 0.717) is 5.92 Å². The molecule has 1 saturated heterocycles. The van der Waals surface area contributed by atoms with Gasteiger partial charge in [0.2, 0.25) is 0 Å². The number of hydrogen-bond donors (Lipinski definition) is 2. The maximum atomic E-state index is 9.05. The number of hydrogen-bond acceptors (Lipinski definition) is 3. The molecule has 1 aromatic rings. The molecule has 2 nitrogen and oxygen atoms in total. The molecule has 3 N–H and O–H groups in total. The van der Waals surface area contributed by atoms with Crippen molar-refractivity contribution in [3.05, 3.63) is 33.8 Å². The Morgan fingerprint density at radius 2 is 2.12 bits per heavy atom. The van der Waals surface area contributed by atoms with Crippen LogP contribution in [-0.4, -0.2) is 23.2 Å². The van der Waals surface area contributed by atoms with E-state index in [4.69, 9.17) is 10.8 Å². The number of nitrogens with two attached hydrogens (primary N) is 1. The number of aliphatic hydroxyl groups excluding tert-OH is 1. The van der Waals surface area contributed by atoms with Crippen molar-refractivity contribution in [2.45, 2.75) is 24.8 Å². The lowest BCUT2D eigenvalue weighted by Crippen LogP contribution is -2.15. The molecule has 1 unspecified atom stereocenters. The van der Waals surface area contributed by atoms with Crippen LogP contribution in [0.15, 0.2) is 22.7 Å². The summed E-state index contributed by atoms with van der Waals surface area (Å²) >= 11 is 5.68. The van der Waals surface area contributed by atoms with Crippen LogP contribution < -0.4 is 5.73 Å². The monoisotopic (exact) mass is 315 g/mol. The molecule has 2 rings (SSSR count). The number of thioether (sulfide) groups is 1. The lowest BCUT2D eigenvalue weighted by atomic mass is 9.92. The van der Waals surface area contributed by atoms with Gasteiger partial charge in [-0.25, -0.2) is 0 Å².